The van der Waals surface area contributed by atoms with Crippen LogP contribution in [-0.4, -0.2) is 23.0 Å². The van der Waals surface area contributed by atoms with Crippen LogP contribution in [0.4, 0.5) is 0 Å². The van der Waals surface area contributed by atoms with Crippen LogP contribution in [0.2, 0.25) is 0 Å². The summed E-state index contributed by atoms with van der Waals surface area (Å²) in [6, 6.07) is 0.598. The van der Waals surface area contributed by atoms with Crippen LogP contribution in [-0.2, 0) is 0 Å². The van der Waals surface area contributed by atoms with Gasteiger partial charge in [0.2, 0.25) is 0 Å². The van der Waals surface area contributed by atoms with Gasteiger partial charge in [-0.1, -0.05) is 25.6 Å². The van der Waals surface area contributed by atoms with Crippen molar-refractivity contribution in [3.05, 3.63) is 0 Å². The van der Waals surface area contributed by atoms with E-state index in [1.54, 1.807) is 0 Å². The van der Waals surface area contributed by atoms with E-state index in [-0.39, 0.29) is 0 Å². The third kappa shape index (κ3) is 2.25. The Morgan fingerprint density at radius 1 is 1.50 bits per heavy atom. The predicted octanol–water partition coefficient (Wildman–Crippen LogP) is 2.50. The maximum atomic E-state index is 4.65. The van der Waals surface area contributed by atoms with Gasteiger partial charge in [0.1, 0.15) is 0 Å². The minimum Gasteiger partial charge on any atom is -0.361 e. The van der Waals surface area contributed by atoms with Crippen LogP contribution in [0, 0.1) is 11.8 Å². The molecule has 1 aliphatic carbocycles. The van der Waals surface area contributed by atoms with Gasteiger partial charge in [-0.25, -0.2) is 0 Å². The summed E-state index contributed by atoms with van der Waals surface area (Å²) in [7, 11) is 0. The summed E-state index contributed by atoms with van der Waals surface area (Å²) >= 11 is 1.93. The molecule has 3 heteroatoms. The fraction of sp³-hybridized carbons (Fsp3) is 0.909. The summed E-state index contributed by atoms with van der Waals surface area (Å²) < 4.78 is 0. The molecule has 80 valence electrons. The normalized spacial score (nSPS) is 44.1. The molecule has 4 atom stereocenters. The van der Waals surface area contributed by atoms with E-state index < -0.39 is 0 Å². The fourth-order valence-corrected chi connectivity index (χ4v) is 3.07. The van der Waals surface area contributed by atoms with E-state index in [4.69, 9.17) is 0 Å². The van der Waals surface area contributed by atoms with E-state index in [1.165, 1.54) is 18.0 Å². The first-order valence-corrected chi connectivity index (χ1v) is 6.56. The van der Waals surface area contributed by atoms with Crippen molar-refractivity contribution in [3.8, 4) is 0 Å². The van der Waals surface area contributed by atoms with Crippen molar-refractivity contribution in [3.63, 3.8) is 0 Å². The molecule has 1 saturated heterocycles. The van der Waals surface area contributed by atoms with Gasteiger partial charge in [-0.05, 0) is 31.6 Å². The van der Waals surface area contributed by atoms with Crippen molar-refractivity contribution < 1.29 is 0 Å². The minimum atomic E-state index is 0.598. The third-order valence-corrected chi connectivity index (χ3v) is 4.83. The lowest BCUT2D eigenvalue weighted by molar-refractivity contribution is 0.631. The van der Waals surface area contributed by atoms with Gasteiger partial charge in [0, 0.05) is 17.8 Å². The molecule has 0 spiro atoms. The molecule has 1 heterocycles. The summed E-state index contributed by atoms with van der Waals surface area (Å²) in [5.41, 5.74) is 0. The molecule has 0 aromatic carbocycles. The minimum absolute atomic E-state index is 0.598. The van der Waals surface area contributed by atoms with Crippen molar-refractivity contribution in [1.29, 1.82) is 0 Å². The monoisotopic (exact) mass is 212 g/mol. The molecular formula is C11H20N2S. The average Bonchev–Trinajstić information content (AvgIpc) is 2.73. The van der Waals surface area contributed by atoms with Crippen molar-refractivity contribution in [2.24, 2.45) is 16.8 Å². The van der Waals surface area contributed by atoms with Gasteiger partial charge < -0.3 is 5.32 Å². The molecule has 14 heavy (non-hydrogen) atoms. The Kier molecular flexibility index (Phi) is 3.05. The lowest BCUT2D eigenvalue weighted by Gasteiger charge is -2.08. The highest BCUT2D eigenvalue weighted by Gasteiger charge is 2.33. The second-order valence-corrected chi connectivity index (χ2v) is 5.84. The molecule has 0 radical (unpaired) electrons. The number of hydrogen-bond donors (Lipinski definition) is 1. The van der Waals surface area contributed by atoms with Crippen LogP contribution in [0.25, 0.3) is 0 Å². The largest absolute Gasteiger partial charge is 0.361 e. The molecule has 4 unspecified atom stereocenters. The zero-order valence-corrected chi connectivity index (χ0v) is 10.1. The van der Waals surface area contributed by atoms with Gasteiger partial charge in [-0.2, -0.15) is 0 Å². The van der Waals surface area contributed by atoms with E-state index in [2.05, 4.69) is 31.1 Å². The second-order valence-electron chi connectivity index (χ2n) is 4.62. The third-order valence-electron chi connectivity index (χ3n) is 3.32. The van der Waals surface area contributed by atoms with Crippen molar-refractivity contribution >= 4 is 16.9 Å². The molecule has 0 amide bonds. The molecule has 2 aliphatic rings. The van der Waals surface area contributed by atoms with Crippen LogP contribution in [0.15, 0.2) is 4.99 Å². The van der Waals surface area contributed by atoms with Crippen LogP contribution in [0.5, 0.6) is 0 Å². The Morgan fingerprint density at radius 2 is 2.21 bits per heavy atom. The maximum Gasteiger partial charge on any atom is 0.157 e. The standard InChI is InChI=1S/C11H20N2S/c1-4-10-8(3)13-11(14-10)12-6-9-5-7(9)2/h7-10H,4-6H2,1-3H3,(H,12,13). The summed E-state index contributed by atoms with van der Waals surface area (Å²) in [4.78, 5) is 4.65. The molecule has 1 saturated carbocycles. The Bertz CT molecular complexity index is 239. The van der Waals surface area contributed by atoms with Gasteiger partial charge >= 0.3 is 0 Å². The van der Waals surface area contributed by atoms with Crippen LogP contribution >= 0.6 is 11.8 Å². The molecule has 1 N–H and O–H groups in total. The highest BCUT2D eigenvalue weighted by atomic mass is 32.2. The number of thioether (sulfide) groups is 1. The lowest BCUT2D eigenvalue weighted by Crippen LogP contribution is -2.27. The topological polar surface area (TPSA) is 24.4 Å². The number of hydrogen-bond acceptors (Lipinski definition) is 2. The van der Waals surface area contributed by atoms with Gasteiger partial charge in [-0.15, -0.1) is 0 Å². The maximum absolute atomic E-state index is 4.65. The number of amidine groups is 1. The quantitative estimate of drug-likeness (QED) is 0.777. The van der Waals surface area contributed by atoms with Crippen molar-refractivity contribution in [1.82, 2.24) is 5.32 Å². The zero-order valence-electron chi connectivity index (χ0n) is 9.29. The number of nitrogens with one attached hydrogen (secondary N) is 1. The molecule has 0 aromatic heterocycles. The molecular weight excluding hydrogens is 192 g/mol. The second kappa shape index (κ2) is 4.13. The van der Waals surface area contributed by atoms with E-state index in [9.17, 15) is 0 Å². The van der Waals surface area contributed by atoms with Crippen molar-refractivity contribution in [2.75, 3.05) is 6.54 Å². The van der Waals surface area contributed by atoms with E-state index in [0.29, 0.717) is 6.04 Å². The molecule has 1 aliphatic heterocycles. The van der Waals surface area contributed by atoms with Gasteiger partial charge in [0.05, 0.1) is 0 Å². The van der Waals surface area contributed by atoms with E-state index >= 15 is 0 Å². The zero-order chi connectivity index (χ0) is 10.1. The summed E-state index contributed by atoms with van der Waals surface area (Å²) in [5, 5.41) is 5.38. The molecule has 2 rings (SSSR count). The Morgan fingerprint density at radius 3 is 2.71 bits per heavy atom. The lowest BCUT2D eigenvalue weighted by atomic mass is 10.2. The van der Waals surface area contributed by atoms with Crippen LogP contribution in [0.3, 0.4) is 0 Å². The molecule has 0 bridgehead atoms. The summed E-state index contributed by atoms with van der Waals surface area (Å²) in [6.45, 7) is 7.86. The number of rotatable bonds is 3. The number of aliphatic imine (C=N–C) groups is 1. The van der Waals surface area contributed by atoms with E-state index in [1.807, 2.05) is 11.8 Å². The first-order valence-electron chi connectivity index (χ1n) is 5.68. The smallest absolute Gasteiger partial charge is 0.157 e. The van der Waals surface area contributed by atoms with Gasteiger partial charge in [0.25, 0.3) is 0 Å². The molecule has 0 aromatic rings. The van der Waals surface area contributed by atoms with Crippen LogP contribution < -0.4 is 5.32 Å². The Labute approximate surface area is 90.9 Å². The highest BCUT2D eigenvalue weighted by Crippen LogP contribution is 2.38. The summed E-state index contributed by atoms with van der Waals surface area (Å²) in [6.07, 6.45) is 2.62. The Hall–Kier alpha value is -0.180. The van der Waals surface area contributed by atoms with Gasteiger partial charge in [-0.3, -0.25) is 4.99 Å². The molecule has 2 fully saturated rings. The van der Waals surface area contributed by atoms with E-state index in [0.717, 1.165) is 23.6 Å². The number of nitrogens with zero attached hydrogens (tertiary/aromatic N) is 1. The summed E-state index contributed by atoms with van der Waals surface area (Å²) in [5.74, 6) is 1.80. The average molecular weight is 212 g/mol. The predicted molar refractivity (Wildman–Crippen MR) is 63.8 cm³/mol. The first kappa shape index (κ1) is 10.3. The first-order chi connectivity index (χ1) is 6.70. The van der Waals surface area contributed by atoms with Crippen LogP contribution in [0.1, 0.15) is 33.6 Å². The highest BCUT2D eigenvalue weighted by molar-refractivity contribution is 8.14. The Balaban J connectivity index is 1.81. The fourth-order valence-electron chi connectivity index (χ4n) is 1.94. The van der Waals surface area contributed by atoms with Gasteiger partial charge in [0.15, 0.2) is 5.17 Å². The van der Waals surface area contributed by atoms with Crippen molar-refractivity contribution in [2.45, 2.75) is 44.9 Å². The SMILES string of the molecule is CCC1SC(=NCC2CC2C)NC1C. The molecule has 2 nitrogen and oxygen atoms in total.